The molecule has 0 spiro atoms. The minimum absolute atomic E-state index is 0.0406. The Kier molecular flexibility index (Phi) is 5.02. The second-order valence-corrected chi connectivity index (χ2v) is 8.17. The van der Waals surface area contributed by atoms with Crippen LogP contribution in [0.2, 0.25) is 0 Å². The van der Waals surface area contributed by atoms with E-state index in [1.54, 1.807) is 13.3 Å². The highest BCUT2D eigenvalue weighted by molar-refractivity contribution is 7.89. The highest BCUT2D eigenvalue weighted by Crippen LogP contribution is 2.22. The third-order valence-corrected chi connectivity index (χ3v) is 5.70. The number of rotatable bonds is 7. The molecule has 8 nitrogen and oxygen atoms in total. The van der Waals surface area contributed by atoms with Crippen molar-refractivity contribution in [2.45, 2.75) is 39.5 Å². The van der Waals surface area contributed by atoms with Gasteiger partial charge < -0.3 is 4.57 Å². The molecule has 1 aliphatic heterocycles. The van der Waals surface area contributed by atoms with Crippen molar-refractivity contribution in [3.05, 3.63) is 36.2 Å². The second kappa shape index (κ2) is 7.04. The second-order valence-electron chi connectivity index (χ2n) is 6.07. The summed E-state index contributed by atoms with van der Waals surface area (Å²) in [7, 11) is -3.20. The molecular weight excluding hydrogens is 328 g/mol. The lowest BCUT2D eigenvalue weighted by atomic mass is 10.1. The van der Waals surface area contributed by atoms with Crippen LogP contribution in [0.4, 0.5) is 0 Å². The van der Waals surface area contributed by atoms with E-state index >= 15 is 0 Å². The first-order valence-corrected chi connectivity index (χ1v) is 9.87. The van der Waals surface area contributed by atoms with Gasteiger partial charge >= 0.3 is 0 Å². The van der Waals surface area contributed by atoms with Gasteiger partial charge in [0.25, 0.3) is 0 Å². The molecule has 0 amide bonds. The summed E-state index contributed by atoms with van der Waals surface area (Å²) < 4.78 is 30.2. The monoisotopic (exact) mass is 352 g/mol. The maximum Gasteiger partial charge on any atom is 0.211 e. The largest absolute Gasteiger partial charge is 0.328 e. The molecule has 3 rings (SSSR count). The Morgan fingerprint density at radius 3 is 2.88 bits per heavy atom. The van der Waals surface area contributed by atoms with Gasteiger partial charge in [0.1, 0.15) is 0 Å². The van der Waals surface area contributed by atoms with Crippen LogP contribution < -0.4 is 4.72 Å². The fourth-order valence-electron chi connectivity index (χ4n) is 2.99. The van der Waals surface area contributed by atoms with E-state index in [0.29, 0.717) is 6.54 Å². The van der Waals surface area contributed by atoms with E-state index in [9.17, 15) is 8.42 Å². The van der Waals surface area contributed by atoms with E-state index in [1.165, 1.54) is 0 Å². The van der Waals surface area contributed by atoms with Crippen molar-refractivity contribution in [3.8, 4) is 0 Å². The number of nitrogens with one attached hydrogen (secondary N) is 1. The van der Waals surface area contributed by atoms with Crippen LogP contribution in [0.15, 0.2) is 24.9 Å². The number of hydrogen-bond donors (Lipinski definition) is 1. The molecular formula is C15H24N6O2S. The number of nitrogens with zero attached hydrogens (tertiary/aromatic N) is 5. The molecule has 24 heavy (non-hydrogen) atoms. The van der Waals surface area contributed by atoms with Gasteiger partial charge in [-0.2, -0.15) is 5.10 Å². The van der Waals surface area contributed by atoms with Gasteiger partial charge in [-0.1, -0.05) is 0 Å². The molecule has 1 N–H and O–H groups in total. The molecule has 0 aliphatic carbocycles. The molecule has 0 fully saturated rings. The topological polar surface area (TPSA) is 85.0 Å². The number of aromatic nitrogens is 4. The van der Waals surface area contributed by atoms with Crippen molar-refractivity contribution in [1.29, 1.82) is 0 Å². The maximum absolute atomic E-state index is 11.7. The van der Waals surface area contributed by atoms with Crippen LogP contribution in [0, 0.1) is 0 Å². The van der Waals surface area contributed by atoms with Gasteiger partial charge in [0.2, 0.25) is 10.0 Å². The zero-order valence-corrected chi connectivity index (χ0v) is 14.9. The van der Waals surface area contributed by atoms with Gasteiger partial charge in [-0.15, -0.1) is 0 Å². The summed E-state index contributed by atoms with van der Waals surface area (Å²) in [6.07, 6.45) is 7.58. The highest BCUT2D eigenvalue weighted by atomic mass is 32.2. The highest BCUT2D eigenvalue weighted by Gasteiger charge is 2.26. The molecule has 1 atom stereocenters. The fraction of sp³-hybridized carbons (Fsp3) is 0.600. The first-order chi connectivity index (χ1) is 11.5. The van der Waals surface area contributed by atoms with Gasteiger partial charge in [-0.25, -0.2) is 18.1 Å². The van der Waals surface area contributed by atoms with Gasteiger partial charge in [-0.3, -0.25) is 9.58 Å². The molecule has 1 aliphatic rings. The van der Waals surface area contributed by atoms with Crippen LogP contribution in [0.5, 0.6) is 0 Å². The lowest BCUT2D eigenvalue weighted by molar-refractivity contribution is 0.178. The Labute approximate surface area is 142 Å². The van der Waals surface area contributed by atoms with Gasteiger partial charge in [0, 0.05) is 50.7 Å². The van der Waals surface area contributed by atoms with Gasteiger partial charge in [-0.05, 0) is 13.8 Å². The third-order valence-electron chi connectivity index (χ3n) is 4.33. The molecule has 2 aromatic heterocycles. The number of fused-ring (bicyclic) bond motifs is 1. The van der Waals surface area contributed by atoms with E-state index < -0.39 is 10.0 Å². The molecule has 3 heterocycles. The minimum Gasteiger partial charge on any atom is -0.328 e. The number of sulfonamides is 1. The quantitative estimate of drug-likeness (QED) is 0.789. The lowest BCUT2D eigenvalue weighted by Crippen LogP contribution is -2.42. The molecule has 0 aromatic carbocycles. The Hall–Kier alpha value is -1.71. The number of imidazole rings is 1. The standard InChI is InChI=1S/C15H24N6O2S/c1-3-20-9-13(5-17-20)8-19-10-14-6-16-12-21(14)15(11-19)7-18-24(22,23)4-2/h5-6,9,12,15,18H,3-4,7-8,10-11H2,1-2H3. The van der Waals surface area contributed by atoms with Crippen molar-refractivity contribution in [3.63, 3.8) is 0 Å². The Morgan fingerprint density at radius 1 is 1.33 bits per heavy atom. The third kappa shape index (κ3) is 3.85. The average Bonchev–Trinajstić information content (AvgIpc) is 3.21. The summed E-state index contributed by atoms with van der Waals surface area (Å²) in [6, 6.07) is 0.0406. The summed E-state index contributed by atoms with van der Waals surface area (Å²) in [5.41, 5.74) is 2.27. The zero-order chi connectivity index (χ0) is 17.2. The van der Waals surface area contributed by atoms with Crippen LogP contribution in [0.3, 0.4) is 0 Å². The summed E-state index contributed by atoms with van der Waals surface area (Å²) in [5.74, 6) is 0.0937. The van der Waals surface area contributed by atoms with Crippen molar-refractivity contribution in [1.82, 2.24) is 29.0 Å². The average molecular weight is 352 g/mol. The van der Waals surface area contributed by atoms with Crippen molar-refractivity contribution < 1.29 is 8.42 Å². The minimum atomic E-state index is -3.20. The number of aryl methyl sites for hydroxylation is 1. The van der Waals surface area contributed by atoms with E-state index in [2.05, 4.69) is 37.4 Å². The molecule has 0 bridgehead atoms. The molecule has 2 aromatic rings. The smallest absolute Gasteiger partial charge is 0.211 e. The van der Waals surface area contributed by atoms with Gasteiger partial charge in [0.15, 0.2) is 0 Å². The predicted molar refractivity (Wildman–Crippen MR) is 90.7 cm³/mol. The van der Waals surface area contributed by atoms with E-state index in [4.69, 9.17) is 0 Å². The van der Waals surface area contributed by atoms with Crippen LogP contribution >= 0.6 is 0 Å². The summed E-state index contributed by atoms with van der Waals surface area (Å²) >= 11 is 0. The molecule has 1 unspecified atom stereocenters. The SMILES string of the molecule is CCn1cc(CN2Cc3cncn3C(CNS(=O)(=O)CC)C2)cn1. The van der Waals surface area contributed by atoms with Crippen LogP contribution in [-0.4, -0.2) is 51.5 Å². The Bertz CT molecular complexity index is 781. The molecule has 132 valence electrons. The lowest BCUT2D eigenvalue weighted by Gasteiger charge is -2.34. The van der Waals surface area contributed by atoms with Gasteiger partial charge in [0.05, 0.1) is 30.0 Å². The van der Waals surface area contributed by atoms with Crippen molar-refractivity contribution in [2.24, 2.45) is 0 Å². The summed E-state index contributed by atoms with van der Waals surface area (Å²) in [5, 5.41) is 4.31. The van der Waals surface area contributed by atoms with Crippen LogP contribution in [0.1, 0.15) is 31.1 Å². The zero-order valence-electron chi connectivity index (χ0n) is 14.1. The Balaban J connectivity index is 1.70. The molecule has 0 radical (unpaired) electrons. The van der Waals surface area contributed by atoms with E-state index in [-0.39, 0.29) is 11.8 Å². The molecule has 0 saturated carbocycles. The van der Waals surface area contributed by atoms with Crippen LogP contribution in [-0.2, 0) is 29.7 Å². The van der Waals surface area contributed by atoms with Crippen molar-refractivity contribution in [2.75, 3.05) is 18.8 Å². The Morgan fingerprint density at radius 2 is 2.17 bits per heavy atom. The molecule has 0 saturated heterocycles. The van der Waals surface area contributed by atoms with Crippen molar-refractivity contribution >= 4 is 10.0 Å². The molecule has 9 heteroatoms. The fourth-order valence-corrected chi connectivity index (χ4v) is 3.64. The van der Waals surface area contributed by atoms with E-state index in [1.807, 2.05) is 17.1 Å². The normalized spacial score (nSPS) is 18.7. The maximum atomic E-state index is 11.7. The first kappa shape index (κ1) is 17.1. The summed E-state index contributed by atoms with van der Waals surface area (Å²) in [6.45, 7) is 7.30. The van der Waals surface area contributed by atoms with Crippen LogP contribution in [0.25, 0.3) is 0 Å². The summed E-state index contributed by atoms with van der Waals surface area (Å²) in [4.78, 5) is 6.52. The van der Waals surface area contributed by atoms with E-state index in [0.717, 1.165) is 37.4 Å². The first-order valence-electron chi connectivity index (χ1n) is 8.22. The number of hydrogen-bond acceptors (Lipinski definition) is 5. The predicted octanol–water partition coefficient (Wildman–Crippen LogP) is 0.596.